The molecule has 2 heterocycles. The van der Waals surface area contributed by atoms with Gasteiger partial charge in [-0.25, -0.2) is 0 Å². The van der Waals surface area contributed by atoms with Crippen molar-refractivity contribution in [1.29, 1.82) is 0 Å². The van der Waals surface area contributed by atoms with Gasteiger partial charge in [-0.05, 0) is 49.5 Å². The Hall–Kier alpha value is -2.53. The average molecular weight is 323 g/mol. The van der Waals surface area contributed by atoms with E-state index in [1.54, 1.807) is 18.2 Å². The van der Waals surface area contributed by atoms with Crippen LogP contribution in [0.3, 0.4) is 0 Å². The Balaban J connectivity index is 1.79. The summed E-state index contributed by atoms with van der Waals surface area (Å²) in [4.78, 5) is 14.5. The first kappa shape index (κ1) is 15.0. The molecule has 0 saturated heterocycles. The van der Waals surface area contributed by atoms with E-state index >= 15 is 0 Å². The SMILES string of the molecule is CN(C)CC1Nc2ccccc2C1C1NC(=O)c2ccc(O)cc21. The van der Waals surface area contributed by atoms with E-state index in [0.29, 0.717) is 5.56 Å². The predicted octanol–water partition coefficient (Wildman–Crippen LogP) is 2.32. The normalized spacial score (nSPS) is 24.5. The summed E-state index contributed by atoms with van der Waals surface area (Å²) in [5.74, 6) is 0.247. The molecule has 2 aromatic carbocycles. The van der Waals surface area contributed by atoms with Crippen molar-refractivity contribution in [2.45, 2.75) is 18.0 Å². The number of nitrogens with zero attached hydrogens (tertiary/aromatic N) is 1. The molecule has 3 N–H and O–H groups in total. The maximum atomic E-state index is 12.4. The van der Waals surface area contributed by atoms with Crippen molar-refractivity contribution in [3.63, 3.8) is 0 Å². The van der Waals surface area contributed by atoms with Crippen molar-refractivity contribution >= 4 is 11.6 Å². The number of anilines is 1. The van der Waals surface area contributed by atoms with Gasteiger partial charge in [0, 0.05) is 29.8 Å². The second-order valence-electron chi connectivity index (χ2n) is 6.85. The van der Waals surface area contributed by atoms with E-state index in [2.05, 4.69) is 41.8 Å². The molecule has 4 rings (SSSR count). The van der Waals surface area contributed by atoms with Gasteiger partial charge in [0.2, 0.25) is 0 Å². The molecule has 124 valence electrons. The number of phenolic OH excluding ortho intramolecular Hbond substituents is 1. The van der Waals surface area contributed by atoms with Crippen molar-refractivity contribution < 1.29 is 9.90 Å². The van der Waals surface area contributed by atoms with Crippen LogP contribution in [0.2, 0.25) is 0 Å². The van der Waals surface area contributed by atoms with Crippen LogP contribution < -0.4 is 10.6 Å². The number of carbonyl (C=O) groups is 1. The maximum Gasteiger partial charge on any atom is 0.252 e. The molecule has 3 atom stereocenters. The lowest BCUT2D eigenvalue weighted by Gasteiger charge is -2.28. The van der Waals surface area contributed by atoms with Crippen molar-refractivity contribution in [3.8, 4) is 5.75 Å². The maximum absolute atomic E-state index is 12.4. The fourth-order valence-electron chi connectivity index (χ4n) is 3.98. The quantitative estimate of drug-likeness (QED) is 0.811. The van der Waals surface area contributed by atoms with Gasteiger partial charge >= 0.3 is 0 Å². The molecule has 0 aliphatic carbocycles. The average Bonchev–Trinajstić information content (AvgIpc) is 3.04. The highest BCUT2D eigenvalue weighted by atomic mass is 16.3. The van der Waals surface area contributed by atoms with E-state index < -0.39 is 0 Å². The third-order valence-corrected chi connectivity index (χ3v) is 4.92. The third kappa shape index (κ3) is 2.32. The fourth-order valence-corrected chi connectivity index (χ4v) is 3.98. The number of para-hydroxylation sites is 1. The number of hydrogen-bond acceptors (Lipinski definition) is 4. The molecule has 0 fully saturated rings. The largest absolute Gasteiger partial charge is 0.508 e. The Labute approximate surface area is 141 Å². The Morgan fingerprint density at radius 2 is 1.88 bits per heavy atom. The molecule has 2 aromatic rings. The Morgan fingerprint density at radius 1 is 1.08 bits per heavy atom. The van der Waals surface area contributed by atoms with Gasteiger partial charge < -0.3 is 20.6 Å². The summed E-state index contributed by atoms with van der Waals surface area (Å²) in [6.45, 7) is 0.861. The third-order valence-electron chi connectivity index (χ3n) is 4.92. The van der Waals surface area contributed by atoms with Crippen LogP contribution in [0.5, 0.6) is 5.75 Å². The molecule has 0 saturated carbocycles. The Bertz CT molecular complexity index is 803. The van der Waals surface area contributed by atoms with Crippen LogP contribution in [0.4, 0.5) is 5.69 Å². The van der Waals surface area contributed by atoms with Gasteiger partial charge in [0.1, 0.15) is 5.75 Å². The molecule has 2 aliphatic heterocycles. The van der Waals surface area contributed by atoms with Crippen LogP contribution in [-0.2, 0) is 0 Å². The standard InChI is InChI=1S/C19H21N3O2/c1-22(2)10-16-17(13-5-3-4-6-15(13)20-16)18-14-9-11(23)7-8-12(14)19(24)21-18/h3-9,16-18,20,23H,10H2,1-2H3,(H,21,24). The number of hydrogen-bond donors (Lipinski definition) is 3. The van der Waals surface area contributed by atoms with Crippen molar-refractivity contribution in [3.05, 3.63) is 59.2 Å². The minimum atomic E-state index is -0.138. The highest BCUT2D eigenvalue weighted by molar-refractivity contribution is 5.99. The molecule has 3 unspecified atom stereocenters. The van der Waals surface area contributed by atoms with Gasteiger partial charge in [-0.2, -0.15) is 0 Å². The van der Waals surface area contributed by atoms with Crippen molar-refractivity contribution in [2.75, 3.05) is 26.0 Å². The lowest BCUT2D eigenvalue weighted by Crippen LogP contribution is -2.38. The Morgan fingerprint density at radius 3 is 2.67 bits per heavy atom. The smallest absolute Gasteiger partial charge is 0.252 e. The highest BCUT2D eigenvalue weighted by Crippen LogP contribution is 2.46. The summed E-state index contributed by atoms with van der Waals surface area (Å²) in [5.41, 5.74) is 3.88. The van der Waals surface area contributed by atoms with Crippen molar-refractivity contribution in [1.82, 2.24) is 10.2 Å². The summed E-state index contributed by atoms with van der Waals surface area (Å²) in [5, 5.41) is 16.6. The number of benzene rings is 2. The molecule has 0 radical (unpaired) electrons. The van der Waals surface area contributed by atoms with Gasteiger partial charge in [0.15, 0.2) is 0 Å². The molecular formula is C19H21N3O2. The summed E-state index contributed by atoms with van der Waals surface area (Å²) in [6.07, 6.45) is 0. The van der Waals surface area contributed by atoms with Gasteiger partial charge in [0.05, 0.1) is 6.04 Å². The van der Waals surface area contributed by atoms with Gasteiger partial charge in [-0.15, -0.1) is 0 Å². The molecule has 0 spiro atoms. The van der Waals surface area contributed by atoms with Crippen LogP contribution in [0.1, 0.15) is 33.4 Å². The number of amides is 1. The van der Waals surface area contributed by atoms with Crippen LogP contribution in [0.25, 0.3) is 0 Å². The Kier molecular flexibility index (Phi) is 3.46. The van der Waals surface area contributed by atoms with Crippen LogP contribution in [-0.4, -0.2) is 42.6 Å². The minimum absolute atomic E-state index is 0.0667. The van der Waals surface area contributed by atoms with Crippen molar-refractivity contribution in [2.24, 2.45) is 0 Å². The second kappa shape index (κ2) is 5.53. The lowest BCUT2D eigenvalue weighted by molar-refractivity contribution is 0.0950. The zero-order valence-electron chi connectivity index (χ0n) is 13.8. The number of phenols is 1. The number of fused-ring (bicyclic) bond motifs is 2. The first-order valence-corrected chi connectivity index (χ1v) is 8.18. The first-order chi connectivity index (χ1) is 11.5. The number of rotatable bonds is 3. The number of aromatic hydroxyl groups is 1. The summed E-state index contributed by atoms with van der Waals surface area (Å²) in [7, 11) is 4.10. The molecular weight excluding hydrogens is 302 g/mol. The monoisotopic (exact) mass is 323 g/mol. The second-order valence-corrected chi connectivity index (χ2v) is 6.85. The van der Waals surface area contributed by atoms with E-state index in [4.69, 9.17) is 0 Å². The van der Waals surface area contributed by atoms with E-state index in [1.807, 2.05) is 12.1 Å². The zero-order chi connectivity index (χ0) is 16.8. The molecule has 24 heavy (non-hydrogen) atoms. The van der Waals surface area contributed by atoms with E-state index in [-0.39, 0.29) is 29.7 Å². The number of nitrogens with one attached hydrogen (secondary N) is 2. The zero-order valence-corrected chi connectivity index (χ0v) is 13.8. The number of likely N-dealkylation sites (N-methyl/N-ethyl adjacent to an activating group) is 1. The van der Waals surface area contributed by atoms with Crippen LogP contribution in [0.15, 0.2) is 42.5 Å². The topological polar surface area (TPSA) is 64.6 Å². The van der Waals surface area contributed by atoms with Crippen LogP contribution >= 0.6 is 0 Å². The molecule has 5 heteroatoms. The van der Waals surface area contributed by atoms with E-state index in [9.17, 15) is 9.90 Å². The van der Waals surface area contributed by atoms with Gasteiger partial charge in [0.25, 0.3) is 5.91 Å². The molecule has 5 nitrogen and oxygen atoms in total. The van der Waals surface area contributed by atoms with Gasteiger partial charge in [-0.3, -0.25) is 4.79 Å². The lowest BCUT2D eigenvalue weighted by atomic mass is 9.84. The summed E-state index contributed by atoms with van der Waals surface area (Å²) in [6, 6.07) is 13.3. The van der Waals surface area contributed by atoms with Gasteiger partial charge in [-0.1, -0.05) is 18.2 Å². The van der Waals surface area contributed by atoms with E-state index in [0.717, 1.165) is 17.8 Å². The highest BCUT2D eigenvalue weighted by Gasteiger charge is 2.43. The minimum Gasteiger partial charge on any atom is -0.508 e. The van der Waals surface area contributed by atoms with E-state index in [1.165, 1.54) is 5.56 Å². The molecule has 2 aliphatic rings. The van der Waals surface area contributed by atoms with Crippen LogP contribution in [0, 0.1) is 0 Å². The molecule has 0 aromatic heterocycles. The molecule has 1 amide bonds. The number of carbonyl (C=O) groups excluding carboxylic acids is 1. The fraction of sp³-hybridized carbons (Fsp3) is 0.316. The summed E-state index contributed by atoms with van der Waals surface area (Å²) < 4.78 is 0. The predicted molar refractivity (Wildman–Crippen MR) is 93.5 cm³/mol. The summed E-state index contributed by atoms with van der Waals surface area (Å²) >= 11 is 0. The first-order valence-electron chi connectivity index (χ1n) is 8.18. The molecule has 0 bridgehead atoms.